The quantitative estimate of drug-likeness (QED) is 0.466. The van der Waals surface area contributed by atoms with Crippen molar-refractivity contribution in [2.75, 3.05) is 0 Å². The van der Waals surface area contributed by atoms with Gasteiger partial charge < -0.3 is 4.74 Å². The van der Waals surface area contributed by atoms with Crippen LogP contribution in [0.4, 0.5) is 18.9 Å². The first-order chi connectivity index (χ1) is 11.6. The third kappa shape index (κ3) is 4.34. The largest absolute Gasteiger partial charge is 0.459 e. The normalized spacial score (nSPS) is 11.4. The minimum absolute atomic E-state index is 0.160. The lowest BCUT2D eigenvalue weighted by Gasteiger charge is -2.09. The van der Waals surface area contributed by atoms with Gasteiger partial charge in [-0.1, -0.05) is 12.1 Å². The van der Waals surface area contributed by atoms with Gasteiger partial charge >= 0.3 is 17.8 Å². The predicted molar refractivity (Wildman–Crippen MR) is 79.6 cm³/mol. The summed E-state index contributed by atoms with van der Waals surface area (Å²) in [6.45, 7) is 2.16. The first-order valence-electron chi connectivity index (χ1n) is 7.09. The van der Waals surface area contributed by atoms with E-state index in [0.717, 1.165) is 16.8 Å². The SMILES string of the molecule is Cc1nn(CC(=O)OCc2cccc(C(F)(F)F)c2)c(C)c1[N+](=O)[O-]. The van der Waals surface area contributed by atoms with Crippen molar-refractivity contribution in [2.24, 2.45) is 0 Å². The zero-order valence-electron chi connectivity index (χ0n) is 13.3. The predicted octanol–water partition coefficient (Wildman–Crippen LogP) is 3.17. The number of esters is 1. The standard InChI is InChI=1S/C15H14F3N3O4/c1-9-14(21(23)24)10(2)20(19-9)7-13(22)25-8-11-4-3-5-12(6-11)15(16,17)18/h3-6H,7-8H2,1-2H3. The Kier molecular flexibility index (Phi) is 5.10. The molecule has 1 aromatic carbocycles. The minimum atomic E-state index is -4.48. The highest BCUT2D eigenvalue weighted by molar-refractivity contribution is 5.69. The maximum atomic E-state index is 12.6. The van der Waals surface area contributed by atoms with Gasteiger partial charge in [-0.15, -0.1) is 0 Å². The Morgan fingerprint density at radius 2 is 2.04 bits per heavy atom. The summed E-state index contributed by atoms with van der Waals surface area (Å²) in [7, 11) is 0. The van der Waals surface area contributed by atoms with Gasteiger partial charge in [-0.3, -0.25) is 19.6 Å². The number of benzene rings is 1. The lowest BCUT2D eigenvalue weighted by Crippen LogP contribution is -2.16. The van der Waals surface area contributed by atoms with Gasteiger partial charge in [0.05, 0.1) is 10.5 Å². The van der Waals surface area contributed by atoms with Gasteiger partial charge in [-0.25, -0.2) is 0 Å². The number of alkyl halides is 3. The van der Waals surface area contributed by atoms with Crippen LogP contribution in [0.3, 0.4) is 0 Å². The van der Waals surface area contributed by atoms with Crippen LogP contribution in [0.1, 0.15) is 22.5 Å². The van der Waals surface area contributed by atoms with Crippen LogP contribution < -0.4 is 0 Å². The molecule has 0 saturated carbocycles. The van der Waals surface area contributed by atoms with Crippen LogP contribution in [0.2, 0.25) is 0 Å². The molecule has 10 heteroatoms. The van der Waals surface area contributed by atoms with Crippen molar-refractivity contribution in [2.45, 2.75) is 33.2 Å². The molecule has 1 heterocycles. The Morgan fingerprint density at radius 3 is 2.60 bits per heavy atom. The summed E-state index contributed by atoms with van der Waals surface area (Å²) in [6.07, 6.45) is -4.48. The molecule has 0 atom stereocenters. The van der Waals surface area contributed by atoms with E-state index in [1.807, 2.05) is 0 Å². The molecular weight excluding hydrogens is 343 g/mol. The first-order valence-corrected chi connectivity index (χ1v) is 7.09. The lowest BCUT2D eigenvalue weighted by molar-refractivity contribution is -0.386. The van der Waals surface area contributed by atoms with Gasteiger partial charge in [0.25, 0.3) is 0 Å². The summed E-state index contributed by atoms with van der Waals surface area (Å²) in [5, 5.41) is 14.8. The van der Waals surface area contributed by atoms with E-state index in [2.05, 4.69) is 5.10 Å². The van der Waals surface area contributed by atoms with Crippen molar-refractivity contribution in [1.29, 1.82) is 0 Å². The van der Waals surface area contributed by atoms with Crippen LogP contribution in [-0.4, -0.2) is 20.7 Å². The monoisotopic (exact) mass is 357 g/mol. The van der Waals surface area contributed by atoms with Crippen molar-refractivity contribution < 1.29 is 27.6 Å². The van der Waals surface area contributed by atoms with Crippen molar-refractivity contribution in [3.63, 3.8) is 0 Å². The molecule has 25 heavy (non-hydrogen) atoms. The number of aromatic nitrogens is 2. The van der Waals surface area contributed by atoms with Crippen LogP contribution in [0, 0.1) is 24.0 Å². The van der Waals surface area contributed by atoms with Gasteiger partial charge in [0.2, 0.25) is 0 Å². The van der Waals surface area contributed by atoms with E-state index in [4.69, 9.17) is 4.74 Å². The second kappa shape index (κ2) is 6.91. The van der Waals surface area contributed by atoms with E-state index in [0.29, 0.717) is 0 Å². The van der Waals surface area contributed by atoms with Gasteiger partial charge in [-0.2, -0.15) is 18.3 Å². The fraction of sp³-hybridized carbons (Fsp3) is 0.333. The number of ether oxygens (including phenoxy) is 1. The van der Waals surface area contributed by atoms with E-state index < -0.39 is 22.6 Å². The van der Waals surface area contributed by atoms with E-state index in [9.17, 15) is 28.1 Å². The molecule has 0 aliphatic carbocycles. The minimum Gasteiger partial charge on any atom is -0.459 e. The van der Waals surface area contributed by atoms with Gasteiger partial charge in [0, 0.05) is 0 Å². The van der Waals surface area contributed by atoms with E-state index in [-0.39, 0.29) is 35.8 Å². The Bertz CT molecular complexity index is 815. The number of carbonyl (C=O) groups excluding carboxylic acids is 1. The number of hydrogen-bond donors (Lipinski definition) is 0. The van der Waals surface area contributed by atoms with Gasteiger partial charge in [0.15, 0.2) is 0 Å². The molecule has 0 bridgehead atoms. The number of carbonyl (C=O) groups is 1. The van der Waals surface area contributed by atoms with Crippen LogP contribution >= 0.6 is 0 Å². The molecule has 7 nitrogen and oxygen atoms in total. The summed E-state index contributed by atoms with van der Waals surface area (Å²) in [6, 6.07) is 4.43. The lowest BCUT2D eigenvalue weighted by atomic mass is 10.1. The topological polar surface area (TPSA) is 87.3 Å². The summed E-state index contributed by atoms with van der Waals surface area (Å²) in [5.74, 6) is -0.766. The van der Waals surface area contributed by atoms with E-state index >= 15 is 0 Å². The number of nitrogens with zero attached hydrogens (tertiary/aromatic N) is 3. The van der Waals surface area contributed by atoms with Crippen molar-refractivity contribution >= 4 is 11.7 Å². The third-order valence-electron chi connectivity index (χ3n) is 3.46. The van der Waals surface area contributed by atoms with Crippen LogP contribution in [0.15, 0.2) is 24.3 Å². The molecule has 0 fully saturated rings. The first kappa shape index (κ1) is 18.4. The highest BCUT2D eigenvalue weighted by Crippen LogP contribution is 2.29. The van der Waals surface area contributed by atoms with E-state index in [1.54, 1.807) is 0 Å². The van der Waals surface area contributed by atoms with Crippen LogP contribution in [0.25, 0.3) is 0 Å². The Balaban J connectivity index is 2.03. The number of nitro groups is 1. The number of aryl methyl sites for hydroxylation is 1. The molecule has 0 saturated heterocycles. The molecule has 134 valence electrons. The molecule has 1 aromatic heterocycles. The van der Waals surface area contributed by atoms with Gasteiger partial charge in [0.1, 0.15) is 24.5 Å². The number of rotatable bonds is 5. The smallest absolute Gasteiger partial charge is 0.416 e. The molecule has 0 aliphatic heterocycles. The Morgan fingerprint density at radius 1 is 1.36 bits per heavy atom. The highest BCUT2D eigenvalue weighted by Gasteiger charge is 2.30. The summed E-state index contributed by atoms with van der Waals surface area (Å²) >= 11 is 0. The molecule has 0 N–H and O–H groups in total. The Labute approximate surface area is 140 Å². The molecule has 2 rings (SSSR count). The van der Waals surface area contributed by atoms with Crippen molar-refractivity contribution in [3.8, 4) is 0 Å². The summed E-state index contributed by atoms with van der Waals surface area (Å²) < 4.78 is 43.9. The third-order valence-corrected chi connectivity index (χ3v) is 3.46. The van der Waals surface area contributed by atoms with Crippen molar-refractivity contribution in [3.05, 3.63) is 56.9 Å². The molecular formula is C15H14F3N3O4. The highest BCUT2D eigenvalue weighted by atomic mass is 19.4. The van der Waals surface area contributed by atoms with Gasteiger partial charge in [-0.05, 0) is 31.5 Å². The zero-order valence-corrected chi connectivity index (χ0v) is 13.3. The maximum Gasteiger partial charge on any atom is 0.416 e. The molecule has 0 spiro atoms. The molecule has 0 unspecified atom stereocenters. The average molecular weight is 357 g/mol. The number of hydrogen-bond acceptors (Lipinski definition) is 5. The fourth-order valence-corrected chi connectivity index (χ4v) is 2.27. The zero-order chi connectivity index (χ0) is 18.8. The second-order valence-electron chi connectivity index (χ2n) is 5.29. The van der Waals surface area contributed by atoms with E-state index in [1.165, 1.54) is 26.0 Å². The maximum absolute atomic E-state index is 12.6. The summed E-state index contributed by atoms with van der Waals surface area (Å²) in [5.41, 5.74) is -0.491. The fourth-order valence-electron chi connectivity index (χ4n) is 2.27. The molecule has 0 radical (unpaired) electrons. The van der Waals surface area contributed by atoms with Crippen LogP contribution in [-0.2, 0) is 28.9 Å². The molecule has 0 amide bonds. The molecule has 0 aliphatic rings. The summed E-state index contributed by atoms with van der Waals surface area (Å²) in [4.78, 5) is 22.1. The average Bonchev–Trinajstić information content (AvgIpc) is 2.78. The van der Waals surface area contributed by atoms with Crippen LogP contribution in [0.5, 0.6) is 0 Å². The second-order valence-corrected chi connectivity index (χ2v) is 5.29. The Hall–Kier alpha value is -2.91. The molecule has 2 aromatic rings. The van der Waals surface area contributed by atoms with Crippen molar-refractivity contribution in [1.82, 2.24) is 9.78 Å². The number of halogens is 3.